The fraction of sp³-hybridized carbons (Fsp3) is 0.333. The first kappa shape index (κ1) is 18.0. The summed E-state index contributed by atoms with van der Waals surface area (Å²) >= 11 is 0. The van der Waals surface area contributed by atoms with Crippen molar-refractivity contribution in [1.29, 1.82) is 0 Å². The van der Waals surface area contributed by atoms with Gasteiger partial charge in [0.2, 0.25) is 0 Å². The quantitative estimate of drug-likeness (QED) is 0.718. The molecule has 2 fully saturated rings. The largest absolute Gasteiger partial charge is 0.348 e. The number of allylic oxidation sites excluding steroid dienone is 4. The fourth-order valence-electron chi connectivity index (χ4n) is 4.61. The molecule has 1 aromatic rings. The van der Waals surface area contributed by atoms with Gasteiger partial charge in [0.1, 0.15) is 0 Å². The molecular formula is C24H29N3. The summed E-state index contributed by atoms with van der Waals surface area (Å²) in [5.74, 6) is 0. The fourth-order valence-corrected chi connectivity index (χ4v) is 4.61. The third-order valence-electron chi connectivity index (χ3n) is 5.84. The number of rotatable bonds is 5. The highest BCUT2D eigenvalue weighted by atomic mass is 15.4. The van der Waals surface area contributed by atoms with Gasteiger partial charge in [-0.05, 0) is 24.0 Å². The van der Waals surface area contributed by atoms with E-state index in [2.05, 4.69) is 82.6 Å². The van der Waals surface area contributed by atoms with Gasteiger partial charge in [0, 0.05) is 31.5 Å². The van der Waals surface area contributed by atoms with Crippen molar-refractivity contribution in [2.75, 3.05) is 26.2 Å². The van der Waals surface area contributed by atoms with E-state index in [-0.39, 0.29) is 6.04 Å². The molecule has 0 N–H and O–H groups in total. The van der Waals surface area contributed by atoms with Crippen LogP contribution in [0, 0.1) is 0 Å². The Hall–Kier alpha value is -2.36. The minimum absolute atomic E-state index is 0.203. The Morgan fingerprint density at radius 1 is 1.15 bits per heavy atom. The molecule has 3 heteroatoms. The summed E-state index contributed by atoms with van der Waals surface area (Å²) in [6, 6.07) is 11.0. The highest BCUT2D eigenvalue weighted by molar-refractivity contribution is 5.36. The predicted octanol–water partition coefficient (Wildman–Crippen LogP) is 4.48. The summed E-state index contributed by atoms with van der Waals surface area (Å²) in [7, 11) is 0. The lowest BCUT2D eigenvalue weighted by molar-refractivity contribution is -0.0404. The number of fused-ring (bicyclic) bond motifs is 2. The van der Waals surface area contributed by atoms with Gasteiger partial charge in [0.05, 0.1) is 18.8 Å². The van der Waals surface area contributed by atoms with Crippen molar-refractivity contribution in [3.05, 3.63) is 96.9 Å². The van der Waals surface area contributed by atoms with Crippen molar-refractivity contribution in [3.63, 3.8) is 0 Å². The van der Waals surface area contributed by atoms with Crippen LogP contribution in [0.3, 0.4) is 0 Å². The molecule has 3 aliphatic rings. The lowest BCUT2D eigenvalue weighted by atomic mass is 9.93. The highest BCUT2D eigenvalue weighted by Crippen LogP contribution is 2.36. The van der Waals surface area contributed by atoms with Crippen molar-refractivity contribution in [2.24, 2.45) is 0 Å². The Labute approximate surface area is 163 Å². The van der Waals surface area contributed by atoms with Crippen molar-refractivity contribution in [2.45, 2.75) is 25.0 Å². The molecule has 0 aromatic heterocycles. The zero-order chi connectivity index (χ0) is 18.6. The molecule has 3 heterocycles. The van der Waals surface area contributed by atoms with Crippen LogP contribution in [0.25, 0.3) is 0 Å². The molecule has 2 atom stereocenters. The van der Waals surface area contributed by atoms with Gasteiger partial charge in [-0.25, -0.2) is 0 Å². The van der Waals surface area contributed by atoms with E-state index < -0.39 is 0 Å². The molecule has 1 aromatic carbocycles. The highest BCUT2D eigenvalue weighted by Gasteiger charge is 2.39. The average molecular weight is 360 g/mol. The van der Waals surface area contributed by atoms with Gasteiger partial charge >= 0.3 is 0 Å². The second kappa shape index (κ2) is 8.12. The molecule has 0 saturated carbocycles. The zero-order valence-corrected chi connectivity index (χ0v) is 16.0. The minimum atomic E-state index is 0.203. The molecule has 3 aliphatic heterocycles. The van der Waals surface area contributed by atoms with Gasteiger partial charge in [-0.2, -0.15) is 0 Å². The molecular weight excluding hydrogens is 330 g/mol. The summed E-state index contributed by atoms with van der Waals surface area (Å²) in [5.41, 5.74) is 3.99. The van der Waals surface area contributed by atoms with Crippen LogP contribution in [-0.4, -0.2) is 47.0 Å². The summed E-state index contributed by atoms with van der Waals surface area (Å²) in [6.45, 7) is 12.4. The van der Waals surface area contributed by atoms with Gasteiger partial charge in [-0.3, -0.25) is 9.80 Å². The maximum atomic E-state index is 4.10. The van der Waals surface area contributed by atoms with E-state index in [1.54, 1.807) is 0 Å². The normalized spacial score (nSPS) is 24.6. The molecule has 0 spiro atoms. The van der Waals surface area contributed by atoms with Crippen molar-refractivity contribution in [3.8, 4) is 0 Å². The summed E-state index contributed by atoms with van der Waals surface area (Å²) < 4.78 is 0. The van der Waals surface area contributed by atoms with E-state index in [4.69, 9.17) is 0 Å². The SMILES string of the molecule is C=C/C=C(\C=C)C(c1ccccc1)N1CCCN2CC3=CCC=CN3CC21. The monoisotopic (exact) mass is 359 g/mol. The standard InChI is InChI=1S/C24H29N3/c1-3-11-20(4-2)24(21-12-6-5-7-13-21)27-17-10-16-26-18-22-14-8-9-15-25(22)19-23(26)27/h3-7,9,11-15,23-24H,1-2,8,10,16-19H2/b20-11+. The lowest BCUT2D eigenvalue weighted by Gasteiger charge is -2.53. The van der Waals surface area contributed by atoms with E-state index in [0.717, 1.165) is 26.1 Å². The maximum Gasteiger partial charge on any atom is 0.0818 e. The minimum Gasteiger partial charge on any atom is -0.348 e. The van der Waals surface area contributed by atoms with Crippen LogP contribution < -0.4 is 0 Å². The van der Waals surface area contributed by atoms with Gasteiger partial charge in [0.25, 0.3) is 0 Å². The smallest absolute Gasteiger partial charge is 0.0818 e. The molecule has 140 valence electrons. The van der Waals surface area contributed by atoms with Gasteiger partial charge in [-0.15, -0.1) is 0 Å². The van der Waals surface area contributed by atoms with Crippen molar-refractivity contribution in [1.82, 2.24) is 14.7 Å². The van der Waals surface area contributed by atoms with Crippen LogP contribution in [-0.2, 0) is 0 Å². The Bertz CT molecular complexity index is 774. The first-order valence-electron chi connectivity index (χ1n) is 9.94. The molecule has 4 rings (SSSR count). The Morgan fingerprint density at radius 3 is 2.78 bits per heavy atom. The van der Waals surface area contributed by atoms with Crippen molar-refractivity contribution < 1.29 is 0 Å². The second-order valence-corrected chi connectivity index (χ2v) is 7.43. The third-order valence-corrected chi connectivity index (χ3v) is 5.84. The molecule has 2 saturated heterocycles. The molecule has 0 amide bonds. The Balaban J connectivity index is 1.70. The first-order chi connectivity index (χ1) is 13.3. The third kappa shape index (κ3) is 3.58. The number of piperazine rings is 1. The van der Waals surface area contributed by atoms with Crippen LogP contribution in [0.1, 0.15) is 24.4 Å². The molecule has 0 bridgehead atoms. The summed E-state index contributed by atoms with van der Waals surface area (Å²) in [5, 5.41) is 0. The Morgan fingerprint density at radius 2 is 2.00 bits per heavy atom. The van der Waals surface area contributed by atoms with Crippen LogP contribution in [0.15, 0.2) is 91.3 Å². The van der Waals surface area contributed by atoms with E-state index in [9.17, 15) is 0 Å². The first-order valence-corrected chi connectivity index (χ1v) is 9.94. The van der Waals surface area contributed by atoms with Gasteiger partial charge in [-0.1, -0.05) is 73.9 Å². The average Bonchev–Trinajstić information content (AvgIpc) is 2.73. The summed E-state index contributed by atoms with van der Waals surface area (Å²) in [4.78, 5) is 7.75. The number of benzene rings is 1. The molecule has 0 aliphatic carbocycles. The molecule has 2 unspecified atom stereocenters. The van der Waals surface area contributed by atoms with Crippen LogP contribution >= 0.6 is 0 Å². The maximum absolute atomic E-state index is 4.10. The van der Waals surface area contributed by atoms with Crippen molar-refractivity contribution >= 4 is 0 Å². The van der Waals surface area contributed by atoms with Crippen LogP contribution in [0.2, 0.25) is 0 Å². The molecule has 27 heavy (non-hydrogen) atoms. The van der Waals surface area contributed by atoms with E-state index in [1.165, 1.54) is 29.8 Å². The topological polar surface area (TPSA) is 9.72 Å². The number of hydrogen-bond acceptors (Lipinski definition) is 3. The van der Waals surface area contributed by atoms with Gasteiger partial charge in [0.15, 0.2) is 0 Å². The predicted molar refractivity (Wildman–Crippen MR) is 113 cm³/mol. The summed E-state index contributed by atoms with van der Waals surface area (Å²) in [6.07, 6.45) is 15.5. The molecule has 3 nitrogen and oxygen atoms in total. The molecule has 0 radical (unpaired) electrons. The van der Waals surface area contributed by atoms with Crippen LogP contribution in [0.5, 0.6) is 0 Å². The van der Waals surface area contributed by atoms with Crippen LogP contribution in [0.4, 0.5) is 0 Å². The van der Waals surface area contributed by atoms with E-state index in [1.807, 2.05) is 12.2 Å². The Kier molecular flexibility index (Phi) is 5.42. The zero-order valence-electron chi connectivity index (χ0n) is 16.0. The number of nitrogens with zero attached hydrogens (tertiary/aromatic N) is 3. The van der Waals surface area contributed by atoms with E-state index >= 15 is 0 Å². The lowest BCUT2D eigenvalue weighted by Crippen LogP contribution is -2.62. The van der Waals surface area contributed by atoms with Gasteiger partial charge < -0.3 is 4.90 Å². The second-order valence-electron chi connectivity index (χ2n) is 7.43. The number of hydrogen-bond donors (Lipinski definition) is 0. The van der Waals surface area contributed by atoms with E-state index in [0.29, 0.717) is 6.17 Å².